The molecule has 1 saturated heterocycles. The number of methoxy groups -OCH3 is 1. The second-order valence-electron chi connectivity index (χ2n) is 6.24. The summed E-state index contributed by atoms with van der Waals surface area (Å²) in [6.07, 6.45) is 1.34. The quantitative estimate of drug-likeness (QED) is 0.831. The van der Waals surface area contributed by atoms with E-state index in [2.05, 4.69) is 4.90 Å². The molecular weight excluding hydrogens is 356 g/mol. The van der Waals surface area contributed by atoms with Crippen LogP contribution in [0.25, 0.3) is 0 Å². The third-order valence-electron chi connectivity index (χ3n) is 4.54. The molecule has 1 amide bonds. The highest BCUT2D eigenvalue weighted by molar-refractivity contribution is 5.85. The first-order valence-electron chi connectivity index (χ1n) is 8.50. The lowest BCUT2D eigenvalue weighted by atomic mass is 10.1. The van der Waals surface area contributed by atoms with Crippen LogP contribution in [0.2, 0.25) is 0 Å². The van der Waals surface area contributed by atoms with Crippen LogP contribution in [0.15, 0.2) is 47.1 Å². The zero-order valence-electron chi connectivity index (χ0n) is 14.8. The van der Waals surface area contributed by atoms with E-state index in [1.54, 1.807) is 25.5 Å². The molecule has 0 spiro atoms. The largest absolute Gasteiger partial charge is 0.497 e. The van der Waals surface area contributed by atoms with Gasteiger partial charge in [-0.05, 0) is 29.8 Å². The number of benzene rings is 1. The van der Waals surface area contributed by atoms with Crippen molar-refractivity contribution in [1.82, 2.24) is 9.80 Å². The fourth-order valence-corrected chi connectivity index (χ4v) is 3.03. The van der Waals surface area contributed by atoms with Crippen LogP contribution in [0, 0.1) is 0 Å². The van der Waals surface area contributed by atoms with Crippen molar-refractivity contribution in [1.29, 1.82) is 0 Å². The van der Waals surface area contributed by atoms with Crippen molar-refractivity contribution in [3.05, 3.63) is 54.0 Å². The van der Waals surface area contributed by atoms with Gasteiger partial charge in [-0.25, -0.2) is 0 Å². The smallest absolute Gasteiger partial charge is 0.227 e. The number of carbonyl (C=O) groups is 1. The van der Waals surface area contributed by atoms with Crippen LogP contribution < -0.4 is 4.74 Å². The van der Waals surface area contributed by atoms with E-state index in [0.717, 1.165) is 24.4 Å². The molecule has 0 radical (unpaired) electrons. The summed E-state index contributed by atoms with van der Waals surface area (Å²) in [5.41, 5.74) is 0.987. The van der Waals surface area contributed by atoms with Crippen molar-refractivity contribution in [3.63, 3.8) is 0 Å². The standard InChI is InChI=1S/C19H24N2O4.ClH/c1-24-16-6-4-15(5-7-16)13-19(23)21-10-8-20(9-11-21)14-17(22)18-3-2-12-25-18;/h2-7,12,17,22H,8-11,13-14H2,1H3;1H. The minimum Gasteiger partial charge on any atom is -0.497 e. The molecule has 7 heteroatoms. The number of rotatable bonds is 6. The zero-order chi connectivity index (χ0) is 17.6. The molecule has 1 aromatic carbocycles. The van der Waals surface area contributed by atoms with Gasteiger partial charge >= 0.3 is 0 Å². The number of hydrogen-bond donors (Lipinski definition) is 1. The molecule has 1 fully saturated rings. The fraction of sp³-hybridized carbons (Fsp3) is 0.421. The number of halogens is 1. The molecule has 0 saturated carbocycles. The van der Waals surface area contributed by atoms with Crippen molar-refractivity contribution in [3.8, 4) is 5.75 Å². The summed E-state index contributed by atoms with van der Waals surface area (Å²) in [7, 11) is 1.63. The summed E-state index contributed by atoms with van der Waals surface area (Å²) in [6.45, 7) is 3.39. The molecule has 0 aliphatic carbocycles. The van der Waals surface area contributed by atoms with Crippen molar-refractivity contribution in [2.45, 2.75) is 12.5 Å². The summed E-state index contributed by atoms with van der Waals surface area (Å²) in [5.74, 6) is 1.51. The molecule has 1 unspecified atom stereocenters. The maximum atomic E-state index is 12.4. The van der Waals surface area contributed by atoms with Crippen molar-refractivity contribution in [2.75, 3.05) is 39.8 Å². The Labute approximate surface area is 159 Å². The van der Waals surface area contributed by atoms with Gasteiger partial charge in [0.05, 0.1) is 19.8 Å². The number of furan rings is 1. The molecule has 1 aromatic heterocycles. The number of piperazine rings is 1. The van der Waals surface area contributed by atoms with Gasteiger partial charge in [0.2, 0.25) is 5.91 Å². The molecule has 26 heavy (non-hydrogen) atoms. The Morgan fingerprint density at radius 1 is 1.19 bits per heavy atom. The van der Waals surface area contributed by atoms with Gasteiger partial charge in [0.15, 0.2) is 0 Å². The first-order valence-corrected chi connectivity index (χ1v) is 8.50. The number of carbonyl (C=O) groups excluding carboxylic acids is 1. The van der Waals surface area contributed by atoms with Crippen molar-refractivity contribution < 1.29 is 19.1 Å². The van der Waals surface area contributed by atoms with E-state index in [4.69, 9.17) is 9.15 Å². The zero-order valence-corrected chi connectivity index (χ0v) is 15.7. The number of nitrogens with zero attached hydrogens (tertiary/aromatic N) is 2. The number of ether oxygens (including phenoxy) is 1. The van der Waals surface area contributed by atoms with Gasteiger partial charge in [0.1, 0.15) is 17.6 Å². The van der Waals surface area contributed by atoms with Gasteiger partial charge in [-0.2, -0.15) is 0 Å². The Hall–Kier alpha value is -2.02. The molecule has 1 aliphatic rings. The second kappa shape index (κ2) is 9.62. The first-order chi connectivity index (χ1) is 12.2. The second-order valence-corrected chi connectivity index (χ2v) is 6.24. The Bertz CT molecular complexity index is 667. The van der Waals surface area contributed by atoms with Crippen LogP contribution in [0.4, 0.5) is 0 Å². The van der Waals surface area contributed by atoms with Crippen LogP contribution in [-0.4, -0.2) is 60.6 Å². The molecule has 6 nitrogen and oxygen atoms in total. The van der Waals surface area contributed by atoms with Crippen LogP contribution >= 0.6 is 12.4 Å². The summed E-state index contributed by atoms with van der Waals surface area (Å²) in [6, 6.07) is 11.1. The lowest BCUT2D eigenvalue weighted by Crippen LogP contribution is -2.50. The van der Waals surface area contributed by atoms with Crippen molar-refractivity contribution >= 4 is 18.3 Å². The molecular formula is C19H25ClN2O4. The van der Waals surface area contributed by atoms with E-state index in [0.29, 0.717) is 31.8 Å². The van der Waals surface area contributed by atoms with Gasteiger partial charge in [0, 0.05) is 32.7 Å². The molecule has 1 atom stereocenters. The van der Waals surface area contributed by atoms with Gasteiger partial charge in [-0.15, -0.1) is 12.4 Å². The predicted octanol–water partition coefficient (Wildman–Crippen LogP) is 2.13. The summed E-state index contributed by atoms with van der Waals surface area (Å²) in [4.78, 5) is 16.5. The lowest BCUT2D eigenvalue weighted by molar-refractivity contribution is -0.132. The van der Waals surface area contributed by atoms with Crippen LogP contribution in [-0.2, 0) is 11.2 Å². The highest BCUT2D eigenvalue weighted by Crippen LogP contribution is 2.16. The highest BCUT2D eigenvalue weighted by atomic mass is 35.5. The maximum Gasteiger partial charge on any atom is 0.227 e. The van der Waals surface area contributed by atoms with Gasteiger partial charge in [-0.1, -0.05) is 12.1 Å². The Balaban J connectivity index is 0.00000243. The van der Waals surface area contributed by atoms with E-state index in [9.17, 15) is 9.90 Å². The third kappa shape index (κ3) is 5.24. The molecule has 3 rings (SSSR count). The summed E-state index contributed by atoms with van der Waals surface area (Å²) >= 11 is 0. The van der Waals surface area contributed by atoms with E-state index in [1.807, 2.05) is 29.2 Å². The number of β-amino-alcohol motifs (C(OH)–C–C–N with tert-alkyl or cyclic N) is 1. The number of aliphatic hydroxyl groups is 1. The highest BCUT2D eigenvalue weighted by Gasteiger charge is 2.23. The Morgan fingerprint density at radius 3 is 2.46 bits per heavy atom. The number of hydrogen-bond acceptors (Lipinski definition) is 5. The molecule has 142 valence electrons. The van der Waals surface area contributed by atoms with Gasteiger partial charge < -0.3 is 19.2 Å². The average molecular weight is 381 g/mol. The summed E-state index contributed by atoms with van der Waals surface area (Å²) < 4.78 is 10.4. The predicted molar refractivity (Wildman–Crippen MR) is 101 cm³/mol. The molecule has 2 aromatic rings. The molecule has 2 heterocycles. The Kier molecular flexibility index (Phi) is 7.50. The first kappa shape index (κ1) is 20.3. The van der Waals surface area contributed by atoms with E-state index in [-0.39, 0.29) is 18.3 Å². The number of aliphatic hydroxyl groups excluding tert-OH is 1. The average Bonchev–Trinajstić information content (AvgIpc) is 3.18. The lowest BCUT2D eigenvalue weighted by Gasteiger charge is -2.35. The van der Waals surface area contributed by atoms with Crippen LogP contribution in [0.5, 0.6) is 5.75 Å². The summed E-state index contributed by atoms with van der Waals surface area (Å²) in [5, 5.41) is 10.1. The molecule has 1 aliphatic heterocycles. The SMILES string of the molecule is COc1ccc(CC(=O)N2CCN(CC(O)c3ccco3)CC2)cc1.Cl. The maximum absolute atomic E-state index is 12.4. The minimum atomic E-state index is -0.628. The normalized spacial score (nSPS) is 16.0. The minimum absolute atomic E-state index is 0. The van der Waals surface area contributed by atoms with E-state index in [1.165, 1.54) is 0 Å². The topological polar surface area (TPSA) is 66.2 Å². The molecule has 0 bridgehead atoms. The van der Waals surface area contributed by atoms with Crippen molar-refractivity contribution in [2.24, 2.45) is 0 Å². The van der Waals surface area contributed by atoms with Gasteiger partial charge in [0.25, 0.3) is 0 Å². The Morgan fingerprint density at radius 2 is 1.88 bits per heavy atom. The fourth-order valence-electron chi connectivity index (χ4n) is 3.03. The van der Waals surface area contributed by atoms with Gasteiger partial charge in [-0.3, -0.25) is 9.69 Å². The van der Waals surface area contributed by atoms with Crippen LogP contribution in [0.1, 0.15) is 17.4 Å². The number of amides is 1. The van der Waals surface area contributed by atoms with Crippen LogP contribution in [0.3, 0.4) is 0 Å². The molecule has 1 N–H and O–H groups in total. The third-order valence-corrected chi connectivity index (χ3v) is 4.54. The monoisotopic (exact) mass is 380 g/mol. The van der Waals surface area contributed by atoms with E-state index < -0.39 is 6.10 Å². The van der Waals surface area contributed by atoms with E-state index >= 15 is 0 Å².